The van der Waals surface area contributed by atoms with E-state index in [1.165, 1.54) is 18.9 Å². The second-order valence-electron chi connectivity index (χ2n) is 4.91. The number of aryl methyl sites for hydroxylation is 1. The van der Waals surface area contributed by atoms with Crippen LogP contribution in [0.25, 0.3) is 0 Å². The Balaban J connectivity index is 1.83. The minimum atomic E-state index is -0.163. The van der Waals surface area contributed by atoms with Crippen LogP contribution >= 0.6 is 11.6 Å². The van der Waals surface area contributed by atoms with E-state index in [0.29, 0.717) is 11.3 Å². The molecule has 2 rings (SSSR count). The van der Waals surface area contributed by atoms with Crippen molar-refractivity contribution in [3.05, 3.63) is 35.1 Å². The highest BCUT2D eigenvalue weighted by atomic mass is 35.5. The molecule has 1 nitrogen and oxygen atoms in total. The summed E-state index contributed by atoms with van der Waals surface area (Å²) in [6.45, 7) is 3.67. The third-order valence-corrected chi connectivity index (χ3v) is 4.17. The van der Waals surface area contributed by atoms with Gasteiger partial charge in [-0.1, -0.05) is 12.5 Å². The molecule has 0 bridgehead atoms. The molecule has 94 valence electrons. The second kappa shape index (κ2) is 5.83. The first-order valence-electron chi connectivity index (χ1n) is 6.26. The molecule has 2 unspecified atom stereocenters. The molecule has 0 spiro atoms. The fraction of sp³-hybridized carbons (Fsp3) is 0.571. The Morgan fingerprint density at radius 2 is 2.24 bits per heavy atom. The van der Waals surface area contributed by atoms with E-state index in [4.69, 9.17) is 11.6 Å². The fourth-order valence-corrected chi connectivity index (χ4v) is 2.81. The molecule has 1 aromatic carbocycles. The van der Waals surface area contributed by atoms with E-state index in [2.05, 4.69) is 5.32 Å². The van der Waals surface area contributed by atoms with Crippen LogP contribution in [0.4, 0.5) is 4.39 Å². The lowest BCUT2D eigenvalue weighted by atomic mass is 10.1. The quantitative estimate of drug-likeness (QED) is 0.811. The van der Waals surface area contributed by atoms with Gasteiger partial charge in [0.15, 0.2) is 0 Å². The van der Waals surface area contributed by atoms with Crippen LogP contribution < -0.4 is 5.32 Å². The van der Waals surface area contributed by atoms with Crippen molar-refractivity contribution >= 4 is 11.6 Å². The number of rotatable bonds is 4. The molecule has 1 N–H and O–H groups in total. The van der Waals surface area contributed by atoms with Gasteiger partial charge < -0.3 is 5.32 Å². The smallest absolute Gasteiger partial charge is 0.123 e. The van der Waals surface area contributed by atoms with Gasteiger partial charge in [-0.3, -0.25) is 0 Å². The summed E-state index contributed by atoms with van der Waals surface area (Å²) >= 11 is 6.22. The molecule has 17 heavy (non-hydrogen) atoms. The number of halogens is 2. The van der Waals surface area contributed by atoms with Gasteiger partial charge >= 0.3 is 0 Å². The predicted octanol–water partition coefficient (Wildman–Crippen LogP) is 3.63. The van der Waals surface area contributed by atoms with Crippen LogP contribution in [0, 0.1) is 18.7 Å². The van der Waals surface area contributed by atoms with E-state index in [-0.39, 0.29) is 5.82 Å². The van der Waals surface area contributed by atoms with Crippen LogP contribution in [0.1, 0.15) is 30.4 Å². The van der Waals surface area contributed by atoms with Gasteiger partial charge in [-0.15, -0.1) is 11.6 Å². The van der Waals surface area contributed by atoms with Gasteiger partial charge in [0.2, 0.25) is 0 Å². The lowest BCUT2D eigenvalue weighted by Gasteiger charge is -2.15. The Hall–Kier alpha value is -0.600. The number of hydrogen-bond donors (Lipinski definition) is 1. The van der Waals surface area contributed by atoms with E-state index < -0.39 is 0 Å². The molecule has 0 heterocycles. The number of alkyl halides is 1. The van der Waals surface area contributed by atoms with Crippen LogP contribution in [-0.2, 0) is 6.54 Å². The largest absolute Gasteiger partial charge is 0.312 e. The topological polar surface area (TPSA) is 12.0 Å². The number of hydrogen-bond acceptors (Lipinski definition) is 1. The first-order chi connectivity index (χ1) is 8.16. The lowest BCUT2D eigenvalue weighted by Crippen LogP contribution is -2.25. The molecule has 0 amide bonds. The zero-order chi connectivity index (χ0) is 12.3. The molecular weight excluding hydrogens is 237 g/mol. The first-order valence-corrected chi connectivity index (χ1v) is 6.70. The molecule has 1 aliphatic carbocycles. The molecule has 0 saturated heterocycles. The van der Waals surface area contributed by atoms with Gasteiger partial charge in [-0.05, 0) is 55.5 Å². The molecule has 1 fully saturated rings. The monoisotopic (exact) mass is 255 g/mol. The summed E-state index contributed by atoms with van der Waals surface area (Å²) in [5, 5.41) is 3.71. The average Bonchev–Trinajstić information content (AvgIpc) is 2.70. The molecule has 2 atom stereocenters. The van der Waals surface area contributed by atoms with Crippen LogP contribution in [0.2, 0.25) is 0 Å². The summed E-state index contributed by atoms with van der Waals surface area (Å²) in [5.41, 5.74) is 2.17. The third kappa shape index (κ3) is 3.43. The summed E-state index contributed by atoms with van der Waals surface area (Å²) in [6, 6.07) is 4.94. The highest BCUT2D eigenvalue weighted by Gasteiger charge is 2.24. The van der Waals surface area contributed by atoms with Crippen molar-refractivity contribution in [3.63, 3.8) is 0 Å². The van der Waals surface area contributed by atoms with Crippen molar-refractivity contribution in [2.45, 2.75) is 38.1 Å². The first kappa shape index (κ1) is 12.8. The average molecular weight is 256 g/mol. The minimum absolute atomic E-state index is 0.163. The SMILES string of the molecule is Cc1ccc(F)cc1CNCC1CCCC1Cl. The Morgan fingerprint density at radius 1 is 1.41 bits per heavy atom. The van der Waals surface area contributed by atoms with Crippen LogP contribution in [-0.4, -0.2) is 11.9 Å². The predicted molar refractivity (Wildman–Crippen MR) is 69.8 cm³/mol. The fourth-order valence-electron chi connectivity index (χ4n) is 2.44. The summed E-state index contributed by atoms with van der Waals surface area (Å²) < 4.78 is 13.1. The second-order valence-corrected chi connectivity index (χ2v) is 5.47. The maximum absolute atomic E-state index is 13.1. The molecular formula is C14H19ClFN. The van der Waals surface area contributed by atoms with E-state index in [0.717, 1.165) is 30.6 Å². The van der Waals surface area contributed by atoms with Gasteiger partial charge in [-0.25, -0.2) is 4.39 Å². The number of nitrogens with one attached hydrogen (secondary N) is 1. The third-order valence-electron chi connectivity index (χ3n) is 3.60. The Labute approximate surface area is 107 Å². The van der Waals surface area contributed by atoms with Crippen LogP contribution in [0.15, 0.2) is 18.2 Å². The lowest BCUT2D eigenvalue weighted by molar-refractivity contribution is 0.492. The van der Waals surface area contributed by atoms with Crippen LogP contribution in [0.3, 0.4) is 0 Å². The van der Waals surface area contributed by atoms with E-state index in [1.807, 2.05) is 13.0 Å². The molecule has 1 aliphatic rings. The van der Waals surface area contributed by atoms with Crippen molar-refractivity contribution in [2.24, 2.45) is 5.92 Å². The van der Waals surface area contributed by atoms with Crippen molar-refractivity contribution in [3.8, 4) is 0 Å². The molecule has 1 saturated carbocycles. The maximum atomic E-state index is 13.1. The number of benzene rings is 1. The standard InChI is InChI=1S/C14H19ClFN/c1-10-5-6-13(16)7-12(10)9-17-8-11-3-2-4-14(11)15/h5-7,11,14,17H,2-4,8-9H2,1H3. The molecule has 0 aliphatic heterocycles. The minimum Gasteiger partial charge on any atom is -0.312 e. The molecule has 1 aromatic rings. The Kier molecular flexibility index (Phi) is 4.41. The molecule has 0 aromatic heterocycles. The van der Waals surface area contributed by atoms with Crippen molar-refractivity contribution in [1.29, 1.82) is 0 Å². The van der Waals surface area contributed by atoms with E-state index in [1.54, 1.807) is 6.07 Å². The van der Waals surface area contributed by atoms with Crippen LogP contribution in [0.5, 0.6) is 0 Å². The normalized spacial score (nSPS) is 24.2. The summed E-state index contributed by atoms with van der Waals surface area (Å²) in [5.74, 6) is 0.411. The summed E-state index contributed by atoms with van der Waals surface area (Å²) in [7, 11) is 0. The zero-order valence-corrected chi connectivity index (χ0v) is 10.9. The van der Waals surface area contributed by atoms with Gasteiger partial charge in [0.05, 0.1) is 0 Å². The van der Waals surface area contributed by atoms with E-state index in [9.17, 15) is 4.39 Å². The van der Waals surface area contributed by atoms with Gasteiger partial charge in [0.1, 0.15) is 5.82 Å². The van der Waals surface area contributed by atoms with Crippen molar-refractivity contribution in [1.82, 2.24) is 5.32 Å². The van der Waals surface area contributed by atoms with Gasteiger partial charge in [0, 0.05) is 11.9 Å². The van der Waals surface area contributed by atoms with Gasteiger partial charge in [0.25, 0.3) is 0 Å². The zero-order valence-electron chi connectivity index (χ0n) is 10.2. The Bertz CT molecular complexity index is 380. The van der Waals surface area contributed by atoms with Crippen molar-refractivity contribution < 1.29 is 4.39 Å². The van der Waals surface area contributed by atoms with Gasteiger partial charge in [-0.2, -0.15) is 0 Å². The summed E-state index contributed by atoms with van der Waals surface area (Å²) in [4.78, 5) is 0. The highest BCUT2D eigenvalue weighted by Crippen LogP contribution is 2.29. The Morgan fingerprint density at radius 3 is 2.94 bits per heavy atom. The summed E-state index contributed by atoms with van der Waals surface area (Å²) in [6.07, 6.45) is 3.58. The molecule has 3 heteroatoms. The molecule has 0 radical (unpaired) electrons. The van der Waals surface area contributed by atoms with Crippen molar-refractivity contribution in [2.75, 3.05) is 6.54 Å². The highest BCUT2D eigenvalue weighted by molar-refractivity contribution is 6.20. The van der Waals surface area contributed by atoms with E-state index >= 15 is 0 Å². The maximum Gasteiger partial charge on any atom is 0.123 e.